The number of aromatic nitrogens is 3. The maximum absolute atomic E-state index is 13.7. The first-order valence-corrected chi connectivity index (χ1v) is 10.6. The summed E-state index contributed by atoms with van der Waals surface area (Å²) < 4.78 is 15.3. The fourth-order valence-corrected chi connectivity index (χ4v) is 4.75. The number of carbonyl (C=O) groups is 1. The summed E-state index contributed by atoms with van der Waals surface area (Å²) >= 11 is 0. The number of aryl methyl sites for hydroxylation is 1. The molecule has 3 atom stereocenters. The minimum absolute atomic E-state index is 0.121. The molecule has 1 saturated heterocycles. The monoisotopic (exact) mass is 437 g/mol. The molecule has 2 fully saturated rings. The summed E-state index contributed by atoms with van der Waals surface area (Å²) in [6, 6.07) is 4.37. The van der Waals surface area contributed by atoms with Crippen molar-refractivity contribution < 1.29 is 14.3 Å². The number of anilines is 2. The van der Waals surface area contributed by atoms with Gasteiger partial charge in [0.05, 0.1) is 22.6 Å². The van der Waals surface area contributed by atoms with Crippen molar-refractivity contribution in [3.05, 3.63) is 57.4 Å². The van der Waals surface area contributed by atoms with E-state index in [1.165, 1.54) is 6.42 Å². The molecule has 1 saturated carbocycles. The van der Waals surface area contributed by atoms with Crippen LogP contribution in [0, 0.1) is 24.7 Å². The van der Waals surface area contributed by atoms with Crippen LogP contribution >= 0.6 is 0 Å². The Hall–Kier alpha value is -3.49. The number of hydrogen-bond acceptors (Lipinski definition) is 6. The molecule has 1 aliphatic heterocycles. The van der Waals surface area contributed by atoms with Crippen molar-refractivity contribution in [1.82, 2.24) is 14.5 Å². The molecule has 3 aromatic rings. The molecule has 0 bridgehead atoms. The van der Waals surface area contributed by atoms with Gasteiger partial charge in [-0.3, -0.25) is 9.36 Å². The Balaban J connectivity index is 1.60. The van der Waals surface area contributed by atoms with E-state index in [0.29, 0.717) is 28.7 Å². The number of nitrogens with zero attached hydrogens (tertiary/aromatic N) is 4. The highest BCUT2D eigenvalue weighted by molar-refractivity contribution is 5.94. The van der Waals surface area contributed by atoms with Crippen LogP contribution in [0.4, 0.5) is 16.0 Å². The average molecular weight is 437 g/mol. The largest absolute Gasteiger partial charge is 0.478 e. The fourth-order valence-electron chi connectivity index (χ4n) is 4.75. The Morgan fingerprint density at radius 3 is 2.69 bits per heavy atom. The number of carboxylic acid groups (broad SMARTS) is 1. The number of pyridine rings is 1. The molecule has 0 radical (unpaired) electrons. The van der Waals surface area contributed by atoms with Gasteiger partial charge in [-0.1, -0.05) is 6.07 Å². The Bertz CT molecular complexity index is 1310. The molecule has 0 spiro atoms. The second-order valence-electron chi connectivity index (χ2n) is 8.91. The number of hydrogen-bond donors (Lipinski definition) is 2. The van der Waals surface area contributed by atoms with Crippen molar-refractivity contribution in [2.45, 2.75) is 26.3 Å². The molecule has 166 valence electrons. The average Bonchev–Trinajstić information content (AvgIpc) is 3.35. The normalized spacial score (nSPS) is 20.3. The van der Waals surface area contributed by atoms with E-state index in [0.717, 1.165) is 36.5 Å². The third-order valence-corrected chi connectivity index (χ3v) is 6.53. The predicted molar refractivity (Wildman–Crippen MR) is 119 cm³/mol. The van der Waals surface area contributed by atoms with E-state index in [1.807, 2.05) is 26.0 Å². The van der Waals surface area contributed by atoms with E-state index in [-0.39, 0.29) is 16.8 Å². The molecule has 1 aliphatic carbocycles. The smallest absolute Gasteiger partial charge is 0.339 e. The van der Waals surface area contributed by atoms with Crippen molar-refractivity contribution in [1.29, 1.82) is 0 Å². The third kappa shape index (κ3) is 3.37. The minimum atomic E-state index is -1.21. The summed E-state index contributed by atoms with van der Waals surface area (Å²) in [5, 5.41) is 13.0. The number of halogens is 1. The number of piperidine rings is 1. The molecule has 9 heteroatoms. The van der Waals surface area contributed by atoms with Crippen molar-refractivity contribution in [3.8, 4) is 0 Å². The van der Waals surface area contributed by atoms with Gasteiger partial charge in [0, 0.05) is 38.0 Å². The highest BCUT2D eigenvalue weighted by atomic mass is 19.1. The standard InChI is InChI=1S/C23H24FN5O3/c1-11-4-15(12(2)26-18-7-19(24)25-8-17(18)22(31)32)20-16(5-11)21(30)28(3)23(27-20)29-9-13-6-14(13)10-29/h4-5,7-8,12-14H,6,9-10H2,1-3H3,(H,25,26)(H,31,32). The van der Waals surface area contributed by atoms with Crippen LogP contribution in [0.1, 0.15) is 40.9 Å². The van der Waals surface area contributed by atoms with E-state index in [2.05, 4.69) is 15.2 Å². The topological polar surface area (TPSA) is 100 Å². The first-order valence-electron chi connectivity index (χ1n) is 10.6. The van der Waals surface area contributed by atoms with E-state index in [9.17, 15) is 19.1 Å². The fraction of sp³-hybridized carbons (Fsp3) is 0.391. The zero-order valence-electron chi connectivity index (χ0n) is 18.1. The van der Waals surface area contributed by atoms with Crippen molar-refractivity contribution in [2.75, 3.05) is 23.3 Å². The number of fused-ring (bicyclic) bond motifs is 2. The maximum Gasteiger partial charge on any atom is 0.339 e. The van der Waals surface area contributed by atoms with Crippen molar-refractivity contribution >= 4 is 28.5 Å². The number of carboxylic acids is 1. The maximum atomic E-state index is 13.7. The second-order valence-corrected chi connectivity index (χ2v) is 8.91. The summed E-state index contributed by atoms with van der Waals surface area (Å²) in [6.45, 7) is 5.54. The van der Waals surface area contributed by atoms with Crippen LogP contribution in [0.2, 0.25) is 0 Å². The number of nitrogens with one attached hydrogen (secondary N) is 1. The molecule has 32 heavy (non-hydrogen) atoms. The van der Waals surface area contributed by atoms with Gasteiger partial charge in [-0.25, -0.2) is 14.8 Å². The first-order chi connectivity index (χ1) is 15.2. The quantitative estimate of drug-likeness (QED) is 0.592. The molecular formula is C23H24FN5O3. The summed E-state index contributed by atoms with van der Waals surface area (Å²) in [7, 11) is 1.75. The Labute approximate surface area is 183 Å². The first kappa shape index (κ1) is 20.4. The summed E-state index contributed by atoms with van der Waals surface area (Å²) in [5.74, 6) is 0.0467. The van der Waals surface area contributed by atoms with Crippen LogP contribution in [0.15, 0.2) is 29.2 Å². The Morgan fingerprint density at radius 2 is 2.00 bits per heavy atom. The lowest BCUT2D eigenvalue weighted by atomic mass is 10.0. The van der Waals surface area contributed by atoms with Crippen molar-refractivity contribution in [3.63, 3.8) is 0 Å². The van der Waals surface area contributed by atoms with Crippen LogP contribution in [0.5, 0.6) is 0 Å². The summed E-state index contributed by atoms with van der Waals surface area (Å²) in [4.78, 5) is 35.3. The molecule has 3 heterocycles. The predicted octanol–water partition coefficient (Wildman–Crippen LogP) is 3.10. The summed E-state index contributed by atoms with van der Waals surface area (Å²) in [6.07, 6.45) is 2.24. The van der Waals surface area contributed by atoms with Gasteiger partial charge in [-0.15, -0.1) is 0 Å². The molecule has 2 aliphatic rings. The molecule has 3 unspecified atom stereocenters. The minimum Gasteiger partial charge on any atom is -0.478 e. The Morgan fingerprint density at radius 1 is 1.28 bits per heavy atom. The number of aromatic carboxylic acids is 1. The van der Waals surface area contributed by atoms with E-state index in [4.69, 9.17) is 4.98 Å². The van der Waals surface area contributed by atoms with Crippen LogP contribution in [0.3, 0.4) is 0 Å². The van der Waals surface area contributed by atoms with Crippen LogP contribution in [-0.2, 0) is 7.05 Å². The highest BCUT2D eigenvalue weighted by Crippen LogP contribution is 2.46. The molecule has 0 amide bonds. The Kier molecular flexibility index (Phi) is 4.65. The lowest BCUT2D eigenvalue weighted by molar-refractivity contribution is 0.0697. The SMILES string of the molecule is Cc1cc(C(C)Nc2cc(F)ncc2C(=O)O)c2nc(N3CC4CC4C3)n(C)c(=O)c2c1. The molecule has 8 nitrogen and oxygen atoms in total. The molecule has 5 rings (SSSR count). The van der Waals surface area contributed by atoms with Crippen LogP contribution < -0.4 is 15.8 Å². The van der Waals surface area contributed by atoms with Crippen molar-refractivity contribution in [2.24, 2.45) is 18.9 Å². The van der Waals surface area contributed by atoms with Crippen LogP contribution in [-0.4, -0.2) is 38.7 Å². The molecule has 2 N–H and O–H groups in total. The van der Waals surface area contributed by atoms with E-state index >= 15 is 0 Å². The van der Waals surface area contributed by atoms with E-state index in [1.54, 1.807) is 11.6 Å². The molecule has 1 aromatic carbocycles. The van der Waals surface area contributed by atoms with Gasteiger partial charge in [-0.2, -0.15) is 4.39 Å². The van der Waals surface area contributed by atoms with Gasteiger partial charge in [0.25, 0.3) is 5.56 Å². The second kappa shape index (κ2) is 7.29. The van der Waals surface area contributed by atoms with Crippen LogP contribution in [0.25, 0.3) is 10.9 Å². The van der Waals surface area contributed by atoms with Gasteiger partial charge in [-0.05, 0) is 43.7 Å². The third-order valence-electron chi connectivity index (χ3n) is 6.53. The number of benzene rings is 1. The highest BCUT2D eigenvalue weighted by Gasteiger charge is 2.46. The molecule has 2 aromatic heterocycles. The molecular weight excluding hydrogens is 413 g/mol. The lowest BCUT2D eigenvalue weighted by Crippen LogP contribution is -2.31. The van der Waals surface area contributed by atoms with Gasteiger partial charge in [0.15, 0.2) is 0 Å². The van der Waals surface area contributed by atoms with Gasteiger partial charge in [0.1, 0.15) is 5.56 Å². The number of rotatable bonds is 5. The van der Waals surface area contributed by atoms with Gasteiger partial charge < -0.3 is 15.3 Å². The zero-order chi connectivity index (χ0) is 22.7. The zero-order valence-corrected chi connectivity index (χ0v) is 18.1. The lowest BCUT2D eigenvalue weighted by Gasteiger charge is -2.24. The summed E-state index contributed by atoms with van der Waals surface area (Å²) in [5.41, 5.74) is 2.07. The van der Waals surface area contributed by atoms with Gasteiger partial charge >= 0.3 is 5.97 Å². The van der Waals surface area contributed by atoms with E-state index < -0.39 is 18.0 Å². The van der Waals surface area contributed by atoms with Gasteiger partial charge in [0.2, 0.25) is 11.9 Å².